The molecule has 2 aromatic heterocycles. The number of nitrogens with one attached hydrogen (secondary N) is 1. The molecule has 37 heavy (non-hydrogen) atoms. The summed E-state index contributed by atoms with van der Waals surface area (Å²) in [5.74, 6) is -1.55. The van der Waals surface area contributed by atoms with Gasteiger partial charge in [-0.15, -0.1) is 0 Å². The third-order valence-electron chi connectivity index (χ3n) is 6.11. The van der Waals surface area contributed by atoms with Crippen LogP contribution in [-0.2, 0) is 21.4 Å². The Kier molecular flexibility index (Phi) is 9.68. The molecule has 0 bridgehead atoms. The Hall–Kier alpha value is -3.40. The van der Waals surface area contributed by atoms with Crippen molar-refractivity contribution in [1.82, 2.24) is 20.1 Å². The molecule has 2 heterocycles. The zero-order valence-corrected chi connectivity index (χ0v) is 21.6. The summed E-state index contributed by atoms with van der Waals surface area (Å²) in [5, 5.41) is 34.5. The maximum atomic E-state index is 12.0. The number of benzene rings is 1. The molecule has 1 aromatic carbocycles. The second-order valence-electron chi connectivity index (χ2n) is 10.1. The Morgan fingerprint density at radius 3 is 2.35 bits per heavy atom. The van der Waals surface area contributed by atoms with Crippen LogP contribution in [0.4, 0.5) is 0 Å². The molecule has 0 aliphatic heterocycles. The Balaban J connectivity index is 1.62. The largest absolute Gasteiger partial charge is 0.394 e. The molecule has 0 radical (unpaired) electrons. The average Bonchev–Trinajstić information content (AvgIpc) is 3.31. The van der Waals surface area contributed by atoms with Crippen molar-refractivity contribution in [1.29, 1.82) is 0 Å². The Morgan fingerprint density at radius 2 is 1.73 bits per heavy atom. The lowest BCUT2D eigenvalue weighted by atomic mass is 9.87. The molecule has 4 N–H and O–H groups in total. The number of carbonyl (C=O) groups is 2. The number of unbranched alkanes of at least 4 members (excludes halogenated alkanes) is 2. The molecule has 0 saturated carbocycles. The minimum atomic E-state index is -1.85. The molecule has 3 aromatic rings. The van der Waals surface area contributed by atoms with Gasteiger partial charge < -0.3 is 15.3 Å². The summed E-state index contributed by atoms with van der Waals surface area (Å²) < 4.78 is 1.94. The highest BCUT2D eigenvalue weighted by Gasteiger charge is 2.24. The molecular formula is C28H36N4O5. The maximum Gasteiger partial charge on any atom is 0.258 e. The van der Waals surface area contributed by atoms with E-state index in [9.17, 15) is 19.8 Å². The van der Waals surface area contributed by atoms with Gasteiger partial charge in [0.05, 0.1) is 18.0 Å². The van der Waals surface area contributed by atoms with Crippen LogP contribution in [0.3, 0.4) is 0 Å². The van der Waals surface area contributed by atoms with Crippen molar-refractivity contribution in [2.45, 2.75) is 70.5 Å². The summed E-state index contributed by atoms with van der Waals surface area (Å²) in [5.41, 5.74) is 4.88. The Bertz CT molecular complexity index is 1170. The molecule has 0 aliphatic carbocycles. The van der Waals surface area contributed by atoms with Gasteiger partial charge in [0, 0.05) is 18.3 Å². The predicted octanol–water partition coefficient (Wildman–Crippen LogP) is 2.69. The first-order valence-corrected chi connectivity index (χ1v) is 12.5. The fourth-order valence-electron chi connectivity index (χ4n) is 3.88. The lowest BCUT2D eigenvalue weighted by molar-refractivity contribution is -0.141. The van der Waals surface area contributed by atoms with Crippen LogP contribution in [0.5, 0.6) is 0 Å². The number of carbonyl (C=O) groups excluding carboxylic acids is 2. The minimum Gasteiger partial charge on any atom is -0.394 e. The number of aliphatic hydroxyl groups excluding tert-OH is 3. The molecule has 0 saturated heterocycles. The van der Waals surface area contributed by atoms with Crippen molar-refractivity contribution in [2.24, 2.45) is 0 Å². The van der Waals surface area contributed by atoms with E-state index in [-0.39, 0.29) is 11.8 Å². The normalized spacial score (nSPS) is 13.2. The van der Waals surface area contributed by atoms with Crippen molar-refractivity contribution >= 4 is 11.8 Å². The highest BCUT2D eigenvalue weighted by molar-refractivity contribution is 5.97. The van der Waals surface area contributed by atoms with Crippen molar-refractivity contribution < 1.29 is 24.9 Å². The van der Waals surface area contributed by atoms with Crippen LogP contribution in [0.1, 0.15) is 57.7 Å². The number of amides is 2. The lowest BCUT2D eigenvalue weighted by Gasteiger charge is -2.19. The Labute approximate surface area is 217 Å². The van der Waals surface area contributed by atoms with E-state index in [1.807, 2.05) is 28.9 Å². The molecule has 198 valence electrons. The SMILES string of the molecule is CC(C)(C)c1ccc(-n2nc(-c3ccccn3)cc2CCCCCC(=O)NC(=O)[C@@H](O)[C@H](O)CO)cc1. The summed E-state index contributed by atoms with van der Waals surface area (Å²) in [6, 6.07) is 16.2. The van der Waals surface area contributed by atoms with Gasteiger partial charge in [-0.2, -0.15) is 5.10 Å². The monoisotopic (exact) mass is 508 g/mol. The van der Waals surface area contributed by atoms with Gasteiger partial charge in [-0.25, -0.2) is 4.68 Å². The van der Waals surface area contributed by atoms with E-state index in [4.69, 9.17) is 10.2 Å². The number of rotatable bonds is 11. The Morgan fingerprint density at radius 1 is 1.00 bits per heavy atom. The van der Waals surface area contributed by atoms with E-state index in [1.54, 1.807) is 6.20 Å². The third kappa shape index (κ3) is 7.79. The van der Waals surface area contributed by atoms with E-state index < -0.39 is 30.6 Å². The van der Waals surface area contributed by atoms with Crippen LogP contribution in [0.15, 0.2) is 54.7 Å². The van der Waals surface area contributed by atoms with Crippen molar-refractivity contribution in [2.75, 3.05) is 6.61 Å². The van der Waals surface area contributed by atoms with E-state index in [1.165, 1.54) is 5.56 Å². The van der Waals surface area contributed by atoms with E-state index in [2.05, 4.69) is 55.3 Å². The highest BCUT2D eigenvalue weighted by atomic mass is 16.4. The molecular weight excluding hydrogens is 472 g/mol. The van der Waals surface area contributed by atoms with E-state index in [0.29, 0.717) is 6.42 Å². The topological polar surface area (TPSA) is 138 Å². The number of hydrogen-bond acceptors (Lipinski definition) is 7. The predicted molar refractivity (Wildman–Crippen MR) is 140 cm³/mol. The standard InChI is InChI=1S/C28H36N4O5/c1-28(2,3)19-12-14-20(15-13-19)32-21(17-23(31-32)22-10-7-8-16-29-22)9-5-4-6-11-25(35)30-27(37)26(36)24(34)18-33/h7-8,10,12-17,24,26,33-34,36H,4-6,9,11,18H2,1-3H3,(H,30,35,37)/t24-,26+/m1/s1. The second kappa shape index (κ2) is 12.7. The molecule has 2 atom stereocenters. The van der Waals surface area contributed by atoms with Gasteiger partial charge in [-0.05, 0) is 60.6 Å². The number of nitrogens with zero attached hydrogens (tertiary/aromatic N) is 3. The van der Waals surface area contributed by atoms with Crippen molar-refractivity contribution in [3.8, 4) is 17.1 Å². The van der Waals surface area contributed by atoms with Crippen LogP contribution < -0.4 is 5.32 Å². The third-order valence-corrected chi connectivity index (χ3v) is 6.11. The number of pyridine rings is 1. The number of imide groups is 1. The van der Waals surface area contributed by atoms with Crippen LogP contribution in [0, 0.1) is 0 Å². The fraction of sp³-hybridized carbons (Fsp3) is 0.429. The summed E-state index contributed by atoms with van der Waals surface area (Å²) in [6.07, 6.45) is 1.23. The zero-order chi connectivity index (χ0) is 27.0. The van der Waals surface area contributed by atoms with E-state index >= 15 is 0 Å². The first-order valence-electron chi connectivity index (χ1n) is 12.5. The molecule has 0 unspecified atom stereocenters. The average molecular weight is 509 g/mol. The smallest absolute Gasteiger partial charge is 0.258 e. The number of aromatic nitrogens is 3. The molecule has 2 amide bonds. The summed E-state index contributed by atoms with van der Waals surface area (Å²) in [4.78, 5) is 28.1. The molecule has 0 aliphatic rings. The molecule has 0 fully saturated rings. The van der Waals surface area contributed by atoms with Crippen molar-refractivity contribution in [3.63, 3.8) is 0 Å². The van der Waals surface area contributed by atoms with Gasteiger partial charge in [0.2, 0.25) is 5.91 Å². The minimum absolute atomic E-state index is 0.0538. The van der Waals surface area contributed by atoms with Crippen LogP contribution in [0.2, 0.25) is 0 Å². The van der Waals surface area contributed by atoms with Gasteiger partial charge >= 0.3 is 0 Å². The maximum absolute atomic E-state index is 12.0. The molecule has 3 rings (SSSR count). The summed E-state index contributed by atoms with van der Waals surface area (Å²) >= 11 is 0. The van der Waals surface area contributed by atoms with E-state index in [0.717, 1.165) is 42.0 Å². The van der Waals surface area contributed by atoms with Gasteiger partial charge in [0.1, 0.15) is 11.8 Å². The summed E-state index contributed by atoms with van der Waals surface area (Å²) in [7, 11) is 0. The lowest BCUT2D eigenvalue weighted by Crippen LogP contribution is -2.45. The number of hydrogen-bond donors (Lipinski definition) is 4. The molecule has 0 spiro atoms. The van der Waals surface area contributed by atoms with Crippen LogP contribution in [-0.4, -0.2) is 60.7 Å². The van der Waals surface area contributed by atoms with Gasteiger partial charge in [-0.1, -0.05) is 45.4 Å². The van der Waals surface area contributed by atoms with Gasteiger partial charge in [-0.3, -0.25) is 19.9 Å². The number of aryl methyl sites for hydroxylation is 1. The van der Waals surface area contributed by atoms with Crippen LogP contribution in [0.25, 0.3) is 17.1 Å². The summed E-state index contributed by atoms with van der Waals surface area (Å²) in [6.45, 7) is 5.76. The quantitative estimate of drug-likeness (QED) is 0.292. The highest BCUT2D eigenvalue weighted by Crippen LogP contribution is 2.25. The number of aliphatic hydroxyl groups is 3. The van der Waals surface area contributed by atoms with Gasteiger partial charge in [0.15, 0.2) is 6.10 Å². The van der Waals surface area contributed by atoms with Gasteiger partial charge in [0.25, 0.3) is 5.91 Å². The molecule has 9 nitrogen and oxygen atoms in total. The van der Waals surface area contributed by atoms with Crippen LogP contribution >= 0.6 is 0 Å². The first-order chi connectivity index (χ1) is 17.6. The first kappa shape index (κ1) is 28.2. The fourth-order valence-corrected chi connectivity index (χ4v) is 3.88. The van der Waals surface area contributed by atoms with Crippen molar-refractivity contribution in [3.05, 3.63) is 66.0 Å². The second-order valence-corrected chi connectivity index (χ2v) is 10.1. The zero-order valence-electron chi connectivity index (χ0n) is 21.6. The molecule has 9 heteroatoms.